The number of nitro groups is 1. The summed E-state index contributed by atoms with van der Waals surface area (Å²) in [6.07, 6.45) is 7.14. The lowest BCUT2D eigenvalue weighted by Gasteiger charge is -2.34. The Kier molecular flexibility index (Phi) is 4.11. The number of rotatable bonds is 4. The van der Waals surface area contributed by atoms with E-state index in [-0.39, 0.29) is 15.9 Å². The molecule has 2 aromatic rings. The number of sulfone groups is 1. The van der Waals surface area contributed by atoms with Gasteiger partial charge in [-0.05, 0) is 19.3 Å². The SMILES string of the molecule is CS(=O)(=O)c1cc([N+](=O)[O-])c(N2CCCCC2c2ncc[nH]2)s1. The molecule has 1 atom stereocenters. The van der Waals surface area contributed by atoms with Gasteiger partial charge in [0.1, 0.15) is 10.0 Å². The third-order valence-electron chi connectivity index (χ3n) is 3.83. The van der Waals surface area contributed by atoms with Gasteiger partial charge < -0.3 is 9.88 Å². The molecule has 0 aliphatic carbocycles. The van der Waals surface area contributed by atoms with Crippen LogP contribution < -0.4 is 4.90 Å². The first kappa shape index (κ1) is 15.9. The Morgan fingerprint density at radius 1 is 1.48 bits per heavy atom. The molecular weight excluding hydrogens is 340 g/mol. The predicted octanol–water partition coefficient (Wildman–Crippen LogP) is 2.51. The molecule has 0 spiro atoms. The number of piperidine rings is 1. The quantitative estimate of drug-likeness (QED) is 0.666. The lowest BCUT2D eigenvalue weighted by molar-refractivity contribution is -0.383. The van der Waals surface area contributed by atoms with Crippen LogP contribution in [0.5, 0.6) is 0 Å². The number of imidazole rings is 1. The van der Waals surface area contributed by atoms with E-state index in [1.165, 1.54) is 0 Å². The molecule has 2 aromatic heterocycles. The lowest BCUT2D eigenvalue weighted by atomic mass is 10.0. The predicted molar refractivity (Wildman–Crippen MR) is 86.6 cm³/mol. The number of anilines is 1. The first-order chi connectivity index (χ1) is 10.9. The Morgan fingerprint density at radius 2 is 2.26 bits per heavy atom. The van der Waals surface area contributed by atoms with Crippen molar-refractivity contribution in [3.05, 3.63) is 34.4 Å². The second kappa shape index (κ2) is 5.93. The van der Waals surface area contributed by atoms with Gasteiger partial charge in [-0.15, -0.1) is 0 Å². The van der Waals surface area contributed by atoms with Crippen LogP contribution in [-0.4, -0.2) is 36.1 Å². The summed E-state index contributed by atoms with van der Waals surface area (Å²) in [7, 11) is -3.48. The van der Waals surface area contributed by atoms with Crippen molar-refractivity contribution in [2.45, 2.75) is 29.5 Å². The Balaban J connectivity index is 2.08. The molecule has 10 heteroatoms. The van der Waals surface area contributed by atoms with Crippen LogP contribution in [0.15, 0.2) is 22.7 Å². The van der Waals surface area contributed by atoms with Crippen LogP contribution in [0.25, 0.3) is 0 Å². The lowest BCUT2D eigenvalue weighted by Crippen LogP contribution is -2.33. The third-order valence-corrected chi connectivity index (χ3v) is 6.79. The molecule has 3 heterocycles. The molecule has 8 nitrogen and oxygen atoms in total. The largest absolute Gasteiger partial charge is 0.348 e. The van der Waals surface area contributed by atoms with E-state index < -0.39 is 14.8 Å². The van der Waals surface area contributed by atoms with Crippen LogP contribution in [0.3, 0.4) is 0 Å². The van der Waals surface area contributed by atoms with Gasteiger partial charge in [-0.25, -0.2) is 13.4 Å². The minimum absolute atomic E-state index is 0.0166. The van der Waals surface area contributed by atoms with Crippen molar-refractivity contribution in [1.82, 2.24) is 9.97 Å². The number of aromatic nitrogens is 2. The summed E-state index contributed by atoms with van der Waals surface area (Å²) >= 11 is 0.957. The van der Waals surface area contributed by atoms with Crippen molar-refractivity contribution in [2.24, 2.45) is 0 Å². The molecule has 1 N–H and O–H groups in total. The summed E-state index contributed by atoms with van der Waals surface area (Å²) in [5.41, 5.74) is -0.158. The first-order valence-electron chi connectivity index (χ1n) is 7.12. The molecule has 23 heavy (non-hydrogen) atoms. The van der Waals surface area contributed by atoms with Crippen molar-refractivity contribution in [1.29, 1.82) is 0 Å². The van der Waals surface area contributed by atoms with Gasteiger partial charge in [-0.3, -0.25) is 10.1 Å². The molecule has 1 aliphatic rings. The van der Waals surface area contributed by atoms with Crippen LogP contribution in [0.4, 0.5) is 10.7 Å². The van der Waals surface area contributed by atoms with Gasteiger partial charge in [-0.1, -0.05) is 11.3 Å². The highest BCUT2D eigenvalue weighted by atomic mass is 32.2. The maximum absolute atomic E-state index is 11.8. The molecular formula is C13H16N4O4S2. The number of hydrogen-bond acceptors (Lipinski definition) is 7. The zero-order valence-electron chi connectivity index (χ0n) is 12.4. The van der Waals surface area contributed by atoms with E-state index in [4.69, 9.17) is 0 Å². The molecule has 1 unspecified atom stereocenters. The second-order valence-electron chi connectivity index (χ2n) is 5.46. The summed E-state index contributed by atoms with van der Waals surface area (Å²) in [6.45, 7) is 0.635. The van der Waals surface area contributed by atoms with E-state index in [1.807, 2.05) is 4.90 Å². The maximum atomic E-state index is 11.8. The maximum Gasteiger partial charge on any atom is 0.305 e. The Morgan fingerprint density at radius 3 is 2.87 bits per heavy atom. The van der Waals surface area contributed by atoms with Crippen LogP contribution in [-0.2, 0) is 9.84 Å². The van der Waals surface area contributed by atoms with Crippen LogP contribution >= 0.6 is 11.3 Å². The summed E-state index contributed by atoms with van der Waals surface area (Å²) in [4.78, 5) is 20.1. The molecule has 0 bridgehead atoms. The molecule has 1 saturated heterocycles. The highest BCUT2D eigenvalue weighted by Crippen LogP contribution is 2.45. The number of thiophene rings is 1. The molecule has 0 amide bonds. The normalized spacial score (nSPS) is 19.0. The highest BCUT2D eigenvalue weighted by Gasteiger charge is 2.34. The standard InChI is InChI=1S/C13H16N4O4S2/c1-23(20,21)11-8-10(17(18)19)13(22-11)16-7-3-2-4-9(16)12-14-5-6-15-12/h5-6,8-9H,2-4,7H2,1H3,(H,14,15). The smallest absolute Gasteiger partial charge is 0.305 e. The highest BCUT2D eigenvalue weighted by molar-refractivity contribution is 7.92. The molecule has 0 radical (unpaired) electrons. The van der Waals surface area contributed by atoms with Crippen molar-refractivity contribution >= 4 is 31.9 Å². The summed E-state index contributed by atoms with van der Waals surface area (Å²) < 4.78 is 23.5. The topological polar surface area (TPSA) is 109 Å². The Hall–Kier alpha value is -1.94. The van der Waals surface area contributed by atoms with E-state index in [0.717, 1.165) is 48.7 Å². The summed E-state index contributed by atoms with van der Waals surface area (Å²) in [5.74, 6) is 0.744. The number of H-pyrrole nitrogens is 1. The van der Waals surface area contributed by atoms with E-state index >= 15 is 0 Å². The third kappa shape index (κ3) is 3.08. The molecule has 1 fully saturated rings. The minimum atomic E-state index is -3.48. The fourth-order valence-corrected chi connectivity index (χ4v) is 4.89. The molecule has 0 aromatic carbocycles. The molecule has 3 rings (SSSR count). The Bertz CT molecular complexity index is 813. The number of nitrogens with zero attached hydrogens (tertiary/aromatic N) is 3. The zero-order valence-corrected chi connectivity index (χ0v) is 14.1. The van der Waals surface area contributed by atoms with Gasteiger partial charge in [0, 0.05) is 31.3 Å². The number of aromatic amines is 1. The van der Waals surface area contributed by atoms with Crippen molar-refractivity contribution in [3.63, 3.8) is 0 Å². The number of hydrogen-bond donors (Lipinski definition) is 1. The van der Waals surface area contributed by atoms with Crippen LogP contribution in [0.1, 0.15) is 31.1 Å². The summed E-state index contributed by atoms with van der Waals surface area (Å²) in [5, 5.41) is 11.8. The van der Waals surface area contributed by atoms with Gasteiger partial charge in [0.2, 0.25) is 0 Å². The molecule has 124 valence electrons. The fraction of sp³-hybridized carbons (Fsp3) is 0.462. The van der Waals surface area contributed by atoms with E-state index in [1.54, 1.807) is 12.4 Å². The van der Waals surface area contributed by atoms with Gasteiger partial charge in [0.25, 0.3) is 0 Å². The van der Waals surface area contributed by atoms with Gasteiger partial charge in [0.05, 0.1) is 11.0 Å². The zero-order chi connectivity index (χ0) is 16.6. The van der Waals surface area contributed by atoms with E-state index in [2.05, 4.69) is 9.97 Å². The average Bonchev–Trinajstić information content (AvgIpc) is 3.16. The Labute approximate surface area is 137 Å². The molecule has 0 saturated carbocycles. The van der Waals surface area contributed by atoms with Gasteiger partial charge in [0.15, 0.2) is 14.8 Å². The first-order valence-corrected chi connectivity index (χ1v) is 9.83. The monoisotopic (exact) mass is 356 g/mol. The average molecular weight is 356 g/mol. The van der Waals surface area contributed by atoms with Crippen molar-refractivity contribution in [2.75, 3.05) is 17.7 Å². The fourth-order valence-electron chi connectivity index (χ4n) is 2.79. The molecule has 1 aliphatic heterocycles. The minimum Gasteiger partial charge on any atom is -0.348 e. The van der Waals surface area contributed by atoms with Crippen molar-refractivity contribution < 1.29 is 13.3 Å². The van der Waals surface area contributed by atoms with Crippen LogP contribution in [0.2, 0.25) is 0 Å². The van der Waals surface area contributed by atoms with Crippen molar-refractivity contribution in [3.8, 4) is 0 Å². The van der Waals surface area contributed by atoms with Gasteiger partial charge >= 0.3 is 5.69 Å². The number of nitrogens with one attached hydrogen (secondary N) is 1. The van der Waals surface area contributed by atoms with Gasteiger partial charge in [-0.2, -0.15) is 0 Å². The van der Waals surface area contributed by atoms with E-state index in [0.29, 0.717) is 11.5 Å². The second-order valence-corrected chi connectivity index (χ2v) is 8.74. The van der Waals surface area contributed by atoms with E-state index in [9.17, 15) is 18.5 Å². The summed E-state index contributed by atoms with van der Waals surface area (Å²) in [6, 6.07) is 1.05. The van der Waals surface area contributed by atoms with Crippen LogP contribution in [0, 0.1) is 10.1 Å².